The average Bonchev–Trinajstić information content (AvgIpc) is 2.32. The number of nitrogens with zero attached hydrogens (tertiary/aromatic N) is 1. The largest absolute Gasteiger partial charge is 0.452 e. The van der Waals surface area contributed by atoms with Crippen LogP contribution in [-0.2, 0) is 4.74 Å². The minimum absolute atomic E-state index is 0.0657. The normalized spacial score (nSPS) is 10.4. The van der Waals surface area contributed by atoms with Gasteiger partial charge in [0, 0.05) is 12.1 Å². The van der Waals surface area contributed by atoms with E-state index in [-0.39, 0.29) is 10.7 Å². The van der Waals surface area contributed by atoms with Crippen molar-refractivity contribution in [2.24, 2.45) is 0 Å². The molecule has 0 saturated carbocycles. The zero-order chi connectivity index (χ0) is 14.6. The number of hydrogen-bond donors (Lipinski definition) is 1. The number of aliphatic hydroxyl groups is 1. The maximum Gasteiger partial charge on any atom is 0.426 e. The zero-order valence-corrected chi connectivity index (χ0v) is 11.5. The van der Waals surface area contributed by atoms with Gasteiger partial charge in [0.05, 0.1) is 17.8 Å². The lowest BCUT2D eigenvalue weighted by Gasteiger charge is -2.15. The highest BCUT2D eigenvalue weighted by Gasteiger charge is 2.17. The SMILES string of the molecule is COC(=O)N(C#CC(C)(C)O)c1ccc(Cl)c(F)c1. The molecule has 0 saturated heterocycles. The van der Waals surface area contributed by atoms with Crippen LogP contribution in [0.1, 0.15) is 13.8 Å². The van der Waals surface area contributed by atoms with Crippen molar-refractivity contribution in [3.63, 3.8) is 0 Å². The van der Waals surface area contributed by atoms with Gasteiger partial charge in [-0.2, -0.15) is 0 Å². The first-order valence-electron chi connectivity index (χ1n) is 5.33. The van der Waals surface area contributed by atoms with Gasteiger partial charge in [-0.1, -0.05) is 11.6 Å². The molecule has 1 aromatic rings. The van der Waals surface area contributed by atoms with Crippen molar-refractivity contribution in [3.8, 4) is 12.0 Å². The number of rotatable bonds is 1. The summed E-state index contributed by atoms with van der Waals surface area (Å²) in [6.07, 6.45) is -0.793. The van der Waals surface area contributed by atoms with Crippen LogP contribution in [0.5, 0.6) is 0 Å². The molecule has 0 spiro atoms. The predicted molar refractivity (Wildman–Crippen MR) is 70.4 cm³/mol. The molecular weight excluding hydrogens is 273 g/mol. The molecule has 1 aromatic carbocycles. The number of methoxy groups -OCH3 is 1. The summed E-state index contributed by atoms with van der Waals surface area (Å²) >= 11 is 5.56. The lowest BCUT2D eigenvalue weighted by molar-refractivity contribution is 0.143. The average molecular weight is 286 g/mol. The summed E-state index contributed by atoms with van der Waals surface area (Å²) in [6, 6.07) is 6.19. The molecule has 0 unspecified atom stereocenters. The van der Waals surface area contributed by atoms with Crippen LogP contribution in [0.4, 0.5) is 14.9 Å². The first-order valence-corrected chi connectivity index (χ1v) is 5.70. The van der Waals surface area contributed by atoms with Gasteiger partial charge >= 0.3 is 6.09 Å². The molecule has 19 heavy (non-hydrogen) atoms. The Kier molecular flexibility index (Phi) is 4.76. The monoisotopic (exact) mass is 285 g/mol. The molecule has 0 aromatic heterocycles. The van der Waals surface area contributed by atoms with Crippen LogP contribution in [0, 0.1) is 17.8 Å². The predicted octanol–water partition coefficient (Wildman–Crippen LogP) is 2.78. The van der Waals surface area contributed by atoms with Crippen molar-refractivity contribution in [3.05, 3.63) is 29.0 Å². The van der Waals surface area contributed by atoms with E-state index in [0.717, 1.165) is 11.0 Å². The Morgan fingerprint density at radius 2 is 2.16 bits per heavy atom. The molecule has 1 amide bonds. The first kappa shape index (κ1) is 15.3. The number of benzene rings is 1. The second-order valence-corrected chi connectivity index (χ2v) is 4.61. The molecule has 0 atom stereocenters. The van der Waals surface area contributed by atoms with Crippen LogP contribution in [-0.4, -0.2) is 23.9 Å². The van der Waals surface area contributed by atoms with Gasteiger partial charge in [0.1, 0.15) is 11.4 Å². The van der Waals surface area contributed by atoms with E-state index < -0.39 is 17.5 Å². The fourth-order valence-corrected chi connectivity index (χ4v) is 1.24. The molecule has 0 aliphatic carbocycles. The summed E-state index contributed by atoms with van der Waals surface area (Å²) in [6.45, 7) is 2.91. The van der Waals surface area contributed by atoms with E-state index in [1.165, 1.54) is 33.1 Å². The molecule has 102 valence electrons. The number of anilines is 1. The molecule has 6 heteroatoms. The minimum Gasteiger partial charge on any atom is -0.452 e. The highest BCUT2D eigenvalue weighted by molar-refractivity contribution is 6.30. The Morgan fingerprint density at radius 1 is 1.53 bits per heavy atom. The molecule has 0 radical (unpaired) electrons. The van der Waals surface area contributed by atoms with Crippen molar-refractivity contribution >= 4 is 23.4 Å². The molecule has 1 N–H and O–H groups in total. The van der Waals surface area contributed by atoms with E-state index >= 15 is 0 Å². The van der Waals surface area contributed by atoms with E-state index in [4.69, 9.17) is 11.6 Å². The Bertz CT molecular complexity index is 543. The van der Waals surface area contributed by atoms with Gasteiger partial charge < -0.3 is 9.84 Å². The third-order valence-electron chi connectivity index (χ3n) is 1.99. The second-order valence-electron chi connectivity index (χ2n) is 4.20. The summed E-state index contributed by atoms with van der Waals surface area (Å²) in [7, 11) is 1.17. The number of hydrogen-bond acceptors (Lipinski definition) is 3. The van der Waals surface area contributed by atoms with Gasteiger partial charge in [-0.15, -0.1) is 0 Å². The van der Waals surface area contributed by atoms with Crippen molar-refractivity contribution in [2.75, 3.05) is 12.0 Å². The van der Waals surface area contributed by atoms with Gasteiger partial charge in [0.2, 0.25) is 0 Å². The maximum absolute atomic E-state index is 13.4. The van der Waals surface area contributed by atoms with Crippen LogP contribution < -0.4 is 4.90 Å². The Morgan fingerprint density at radius 3 is 2.63 bits per heavy atom. The van der Waals surface area contributed by atoms with Crippen molar-refractivity contribution in [1.82, 2.24) is 0 Å². The fourth-order valence-electron chi connectivity index (χ4n) is 1.12. The van der Waals surface area contributed by atoms with E-state index in [1.807, 2.05) is 0 Å². The summed E-state index contributed by atoms with van der Waals surface area (Å²) < 4.78 is 17.9. The third-order valence-corrected chi connectivity index (χ3v) is 2.30. The summed E-state index contributed by atoms with van der Waals surface area (Å²) in [5, 5.41) is 9.45. The molecular formula is C13H13ClFNO3. The van der Waals surface area contributed by atoms with E-state index in [1.54, 1.807) is 0 Å². The second kappa shape index (κ2) is 5.91. The summed E-state index contributed by atoms with van der Waals surface area (Å²) in [5.41, 5.74) is -1.14. The number of carbonyl (C=O) groups is 1. The third kappa shape index (κ3) is 4.43. The van der Waals surface area contributed by atoms with Crippen molar-refractivity contribution in [1.29, 1.82) is 0 Å². The van der Waals surface area contributed by atoms with Gasteiger partial charge in [-0.3, -0.25) is 0 Å². The summed E-state index contributed by atoms with van der Waals surface area (Å²) in [4.78, 5) is 12.5. The zero-order valence-electron chi connectivity index (χ0n) is 10.7. The van der Waals surface area contributed by atoms with Gasteiger partial charge in [0.15, 0.2) is 0 Å². The molecule has 0 aliphatic heterocycles. The molecule has 4 nitrogen and oxygen atoms in total. The maximum atomic E-state index is 13.4. The molecule has 0 aliphatic rings. The molecule has 1 rings (SSSR count). The van der Waals surface area contributed by atoms with Crippen molar-refractivity contribution < 1.29 is 19.0 Å². The Hall–Kier alpha value is -1.77. The lowest BCUT2D eigenvalue weighted by atomic mass is 10.1. The van der Waals surface area contributed by atoms with Crippen LogP contribution in [0.3, 0.4) is 0 Å². The molecule has 0 bridgehead atoms. The molecule has 0 fully saturated rings. The van der Waals surface area contributed by atoms with E-state index in [2.05, 4.69) is 16.7 Å². The van der Waals surface area contributed by atoms with Gasteiger partial charge in [-0.25, -0.2) is 14.1 Å². The van der Waals surface area contributed by atoms with E-state index in [0.29, 0.717) is 0 Å². The van der Waals surface area contributed by atoms with E-state index in [9.17, 15) is 14.3 Å². The molecule has 0 heterocycles. The Balaban J connectivity index is 3.20. The quantitative estimate of drug-likeness (QED) is 0.638. The summed E-state index contributed by atoms with van der Waals surface area (Å²) in [5.74, 6) is 1.76. The number of ether oxygens (including phenoxy) is 1. The van der Waals surface area contributed by atoms with Gasteiger partial charge in [-0.05, 0) is 31.9 Å². The van der Waals surface area contributed by atoms with Crippen LogP contribution in [0.15, 0.2) is 18.2 Å². The topological polar surface area (TPSA) is 49.8 Å². The van der Waals surface area contributed by atoms with Crippen LogP contribution in [0.2, 0.25) is 5.02 Å². The highest BCUT2D eigenvalue weighted by atomic mass is 35.5. The highest BCUT2D eigenvalue weighted by Crippen LogP contribution is 2.22. The number of halogens is 2. The smallest absolute Gasteiger partial charge is 0.426 e. The minimum atomic E-state index is -1.29. The van der Waals surface area contributed by atoms with Crippen LogP contribution in [0.25, 0.3) is 0 Å². The first-order chi connectivity index (χ1) is 8.74. The lowest BCUT2D eigenvalue weighted by Crippen LogP contribution is -2.27. The standard InChI is InChI=1S/C13H13ClFNO3/c1-13(2,18)6-7-16(12(17)19-3)9-4-5-10(14)11(15)8-9/h4-5,8,18H,1-3H3. The Labute approximate surface area is 115 Å². The number of amides is 1. The van der Waals surface area contributed by atoms with Crippen molar-refractivity contribution in [2.45, 2.75) is 19.4 Å². The number of carbonyl (C=O) groups excluding carboxylic acids is 1. The van der Waals surface area contributed by atoms with Gasteiger partial charge in [0.25, 0.3) is 0 Å². The fraction of sp³-hybridized carbons (Fsp3) is 0.308. The van der Waals surface area contributed by atoms with Crippen LogP contribution >= 0.6 is 11.6 Å².